The molecule has 15 atom stereocenters. The van der Waals surface area contributed by atoms with Crippen molar-refractivity contribution in [3.05, 3.63) is 77.0 Å². The van der Waals surface area contributed by atoms with E-state index in [2.05, 4.69) is 15.6 Å². The summed E-state index contributed by atoms with van der Waals surface area (Å²) in [6, 6.07) is 10.3. The average molecular weight is 1290 g/mol. The molecule has 3 aromatic rings. The molecule has 15 unspecified atom stereocenters. The number of aliphatic hydroxyl groups excluding tert-OH is 2. The molecule has 0 radical (unpaired) electrons. The van der Waals surface area contributed by atoms with E-state index in [1.54, 1.807) is 4.57 Å². The minimum atomic E-state index is -5.09. The predicted octanol–water partition coefficient (Wildman–Crippen LogP) is 3.70. The van der Waals surface area contributed by atoms with Crippen LogP contribution in [0.3, 0.4) is 0 Å². The van der Waals surface area contributed by atoms with Gasteiger partial charge >= 0.3 is 7.82 Å². The Bertz CT molecular complexity index is 3780. The van der Waals surface area contributed by atoms with Gasteiger partial charge < -0.3 is 69.4 Å². The van der Waals surface area contributed by atoms with Gasteiger partial charge in [-0.25, -0.2) is 9.55 Å². The molecule has 498 valence electrons. The van der Waals surface area contributed by atoms with Crippen molar-refractivity contribution in [2.45, 2.75) is 175 Å². The number of aliphatic hydroxyl groups is 2. The van der Waals surface area contributed by atoms with Gasteiger partial charge in [0.1, 0.15) is 18.3 Å². The van der Waals surface area contributed by atoms with E-state index in [-0.39, 0.29) is 77.2 Å². The van der Waals surface area contributed by atoms with Gasteiger partial charge in [0.25, 0.3) is 0 Å². The number of nitrogens with two attached hydrogens (primary N) is 6. The number of amides is 7. The van der Waals surface area contributed by atoms with Gasteiger partial charge in [-0.3, -0.25) is 57.6 Å². The Morgan fingerprint density at radius 3 is 2.01 bits per heavy atom. The molecule has 2 saturated heterocycles. The number of allylic oxidation sites excluding steroid dienone is 6. The normalized spacial score (nSPS) is 31.6. The lowest BCUT2D eigenvalue weighted by Crippen LogP contribution is -2.56. The van der Waals surface area contributed by atoms with Crippen LogP contribution in [0.4, 0.5) is 0 Å². The predicted molar refractivity (Wildman–Crippen MR) is 342 cm³/mol. The summed E-state index contributed by atoms with van der Waals surface area (Å²) >= 11 is 0. The highest BCUT2D eigenvalue weighted by molar-refractivity contribution is 7.47. The van der Waals surface area contributed by atoms with E-state index in [4.69, 9.17) is 63.2 Å². The number of carbonyl (C=O) groups excluding carboxylic acids is 7. The number of hydrogen-bond acceptors (Lipinski definition) is 18. The van der Waals surface area contributed by atoms with Crippen LogP contribution in [0, 0.1) is 45.3 Å². The van der Waals surface area contributed by atoms with E-state index >= 15 is 0 Å². The number of aromatic nitrogens is 2. The van der Waals surface area contributed by atoms with Crippen molar-refractivity contribution >= 4 is 88.1 Å². The highest BCUT2D eigenvalue weighted by Crippen LogP contribution is 2.63. The summed E-state index contributed by atoms with van der Waals surface area (Å²) in [4.78, 5) is 126. The summed E-state index contributed by atoms with van der Waals surface area (Å²) in [7, 11) is -5.09. The molecule has 6 aliphatic heterocycles. The van der Waals surface area contributed by atoms with Crippen molar-refractivity contribution in [1.29, 1.82) is 0 Å². The monoisotopic (exact) mass is 1290 g/mol. The van der Waals surface area contributed by atoms with Crippen LogP contribution >= 0.6 is 7.82 Å². The van der Waals surface area contributed by atoms with Crippen molar-refractivity contribution in [1.82, 2.24) is 20.2 Å². The molecule has 7 amide bonds. The molecule has 17 N–H and O–H groups in total. The van der Waals surface area contributed by atoms with Gasteiger partial charge in [0.15, 0.2) is 6.23 Å². The fraction of sp³-hybridized carbons (Fsp3) is 0.578. The number of rotatable bonds is 26. The van der Waals surface area contributed by atoms with Crippen molar-refractivity contribution in [3.8, 4) is 0 Å². The molecular weight excluding hydrogens is 1210 g/mol. The number of carbonyl (C=O) groups is 7. The summed E-state index contributed by atoms with van der Waals surface area (Å²) in [5, 5.41) is 30.2. The minimum absolute atomic E-state index is 0.0143. The highest BCUT2D eigenvalue weighted by atomic mass is 31.2. The zero-order valence-corrected chi connectivity index (χ0v) is 54.5. The smallest absolute Gasteiger partial charge is 0.394 e. The van der Waals surface area contributed by atoms with E-state index in [1.165, 1.54) is 13.3 Å². The fourth-order valence-electron chi connectivity index (χ4n) is 15.9. The third-order valence-electron chi connectivity index (χ3n) is 20.8. The standard InChI is InChI=1S/C64H88N13O14P/c1-31(90-92(87,88)91-55-43(29-78)89-59(54(55)86)77-30-72-41-22-34-12-10-11-13-35(34)23-42(41)77)28-71-51(85)20-21-61(6)39(24-48(68)82)58-64(9)63(8,27-50(70)84)38(16-19-47(67)81)53(76-64)33(3)57-62(7,26-49(69)83)36(14-17-45(65)79)40(73-57)25-44-60(4,5)37(15-18-46(66)80)52(74-44)32(2)56(61)75-58/h10-13,22-23,25,30-31,36-39,43,54-55,58-59,73,78,86H,14-21,24,26-29H2,1-9H3,(H2,65,79)(H2,66,80)(H2,67,81)(H2,68,82)(H2,69,83)(H2,70,84)(H,71,85)(H,87,88). The van der Waals surface area contributed by atoms with E-state index in [9.17, 15) is 53.2 Å². The van der Waals surface area contributed by atoms with Crippen LogP contribution in [0.25, 0.3) is 21.8 Å². The maximum Gasteiger partial charge on any atom is 0.472 e. The Morgan fingerprint density at radius 1 is 0.804 bits per heavy atom. The number of benzene rings is 2. The minimum Gasteiger partial charge on any atom is -0.394 e. The second-order valence-electron chi connectivity index (χ2n) is 27.3. The zero-order chi connectivity index (χ0) is 67.5. The number of nitrogens with one attached hydrogen (secondary N) is 2. The van der Waals surface area contributed by atoms with Gasteiger partial charge in [-0.05, 0) is 93.5 Å². The Labute approximate surface area is 533 Å². The molecule has 6 aliphatic rings. The largest absolute Gasteiger partial charge is 0.472 e. The quantitative estimate of drug-likeness (QED) is 0.0511. The van der Waals surface area contributed by atoms with Gasteiger partial charge in [-0.2, -0.15) is 0 Å². The molecule has 0 spiro atoms. The Morgan fingerprint density at radius 2 is 1.41 bits per heavy atom. The number of primary amides is 6. The molecule has 8 bridgehead atoms. The summed E-state index contributed by atoms with van der Waals surface area (Å²) in [5.74, 6) is -7.20. The topological polar surface area (TPSA) is 460 Å². The van der Waals surface area contributed by atoms with Crippen LogP contribution in [-0.4, -0.2) is 132 Å². The second kappa shape index (κ2) is 25.8. The first-order valence-electron chi connectivity index (χ1n) is 31.1. The maximum atomic E-state index is 14.4. The molecule has 27 nitrogen and oxygen atoms in total. The van der Waals surface area contributed by atoms with Crippen LogP contribution in [-0.2, 0) is 51.9 Å². The summed E-state index contributed by atoms with van der Waals surface area (Å²) in [6.07, 6.45) is -4.36. The number of nitrogens with zero attached hydrogens (tertiary/aromatic N) is 5. The number of aliphatic imine (C=N–C) groups is 3. The van der Waals surface area contributed by atoms with Gasteiger partial charge in [-0.1, -0.05) is 58.9 Å². The number of phosphoric ester groups is 1. The third kappa shape index (κ3) is 12.8. The van der Waals surface area contributed by atoms with Gasteiger partial charge in [-0.15, -0.1) is 0 Å². The first-order valence-corrected chi connectivity index (χ1v) is 32.6. The van der Waals surface area contributed by atoms with Crippen LogP contribution in [0.2, 0.25) is 0 Å². The van der Waals surface area contributed by atoms with Crippen LogP contribution in [0.5, 0.6) is 0 Å². The Kier molecular flexibility index (Phi) is 19.3. The van der Waals surface area contributed by atoms with Crippen molar-refractivity contribution < 1.29 is 67.0 Å². The van der Waals surface area contributed by atoms with Crippen LogP contribution < -0.4 is 45.0 Å². The van der Waals surface area contributed by atoms with Crippen molar-refractivity contribution in [3.63, 3.8) is 0 Å². The maximum absolute atomic E-state index is 14.4. The molecule has 0 aliphatic carbocycles. The Hall–Kier alpha value is -7.52. The van der Waals surface area contributed by atoms with E-state index in [1.807, 2.05) is 97.9 Å². The summed E-state index contributed by atoms with van der Waals surface area (Å²) < 4.78 is 32.4. The number of imidazole rings is 1. The van der Waals surface area contributed by atoms with E-state index in [0.29, 0.717) is 56.4 Å². The lowest BCUT2D eigenvalue weighted by molar-refractivity contribution is -0.124. The lowest BCUT2D eigenvalue weighted by Gasteiger charge is -2.48. The van der Waals surface area contributed by atoms with Gasteiger partial charge in [0.05, 0.1) is 41.7 Å². The molecule has 7 heterocycles. The van der Waals surface area contributed by atoms with Gasteiger partial charge in [0, 0.05) is 131 Å². The number of fused-ring (bicyclic) bond motifs is 8. The van der Waals surface area contributed by atoms with E-state index in [0.717, 1.165) is 10.8 Å². The molecule has 0 saturated carbocycles. The highest BCUT2D eigenvalue weighted by Gasteiger charge is 2.66. The SMILES string of the molecule is CC1=C2N=C(C=C3NC(=C(C)C4=NC(C)(C5N=C1C(C)(CCC(=O)NCC(C)OP(=O)(O)OC1C(CO)OC(n6cnc7cc8ccccc8cc76)C1O)C5CC(N)=O)C(C)(CC(N)=O)C4CCC(N)=O)C(C)(CC(N)=O)C3CCC(N)=O)C(C)(C)C2CCC(N)=O. The first kappa shape index (κ1) is 68.8. The zero-order valence-electron chi connectivity index (χ0n) is 53.6. The third-order valence-corrected chi connectivity index (χ3v) is 22.0. The number of hydrogen-bond donors (Lipinski definition) is 11. The first-order chi connectivity index (χ1) is 43.0. The van der Waals surface area contributed by atoms with Crippen molar-refractivity contribution in [2.75, 3.05) is 13.2 Å². The average Bonchev–Trinajstić information content (AvgIpc) is 1.53. The molecule has 28 heteroatoms. The van der Waals surface area contributed by atoms with E-state index < -0.39 is 143 Å². The molecule has 2 aromatic carbocycles. The fourth-order valence-corrected chi connectivity index (χ4v) is 17.0. The van der Waals surface area contributed by atoms with Crippen LogP contribution in [0.1, 0.15) is 139 Å². The molecule has 2 fully saturated rings. The molecular formula is C64H88N13O14P. The Balaban J connectivity index is 1.08. The molecule has 1 aromatic heterocycles. The lowest BCUT2D eigenvalue weighted by atomic mass is 9.55. The van der Waals surface area contributed by atoms with Gasteiger partial charge in [0.2, 0.25) is 41.4 Å². The summed E-state index contributed by atoms with van der Waals surface area (Å²) in [6.45, 7) is 15.4. The molecule has 92 heavy (non-hydrogen) atoms. The number of ether oxygens (including phenoxy) is 1. The molecule has 9 rings (SSSR count). The van der Waals surface area contributed by atoms with Crippen molar-refractivity contribution in [2.24, 2.45) is 94.7 Å². The van der Waals surface area contributed by atoms with Crippen LogP contribution in [0.15, 0.2) is 92.0 Å². The summed E-state index contributed by atoms with van der Waals surface area (Å²) in [5.41, 5.74) is 35.4. The second-order valence-corrected chi connectivity index (χ2v) is 28.7. The number of phosphoric acid groups is 1.